The lowest BCUT2D eigenvalue weighted by atomic mass is 10.2. The number of nitrogens with zero attached hydrogens (tertiary/aromatic N) is 2. The Kier molecular flexibility index (Phi) is 2.63. The third-order valence-corrected chi connectivity index (χ3v) is 3.23. The lowest BCUT2D eigenvalue weighted by Gasteiger charge is -2.38. The van der Waals surface area contributed by atoms with Gasteiger partial charge in [0, 0.05) is 32.2 Å². The average Bonchev–Trinajstić information content (AvgIpc) is 2.92. The molecule has 0 aromatic carbocycles. The number of carboxylic acid groups (broad SMARTS) is 1. The van der Waals surface area contributed by atoms with Crippen molar-refractivity contribution < 1.29 is 9.90 Å². The lowest BCUT2D eigenvalue weighted by Crippen LogP contribution is -2.53. The Hall–Kier alpha value is -0.770. The summed E-state index contributed by atoms with van der Waals surface area (Å²) in [4.78, 5) is 14.7. The molecule has 0 unspecified atom stereocenters. The fourth-order valence-electron chi connectivity index (χ4n) is 2.07. The zero-order valence-electron chi connectivity index (χ0n) is 8.65. The molecule has 0 aromatic rings. The highest BCUT2D eigenvalue weighted by Gasteiger charge is 2.31. The minimum Gasteiger partial charge on any atom is -0.465 e. The van der Waals surface area contributed by atoms with E-state index in [1.165, 1.54) is 24.3 Å². The van der Waals surface area contributed by atoms with Gasteiger partial charge in [-0.05, 0) is 25.7 Å². The second-order valence-corrected chi connectivity index (χ2v) is 4.52. The molecule has 1 aliphatic heterocycles. The van der Waals surface area contributed by atoms with Crippen molar-refractivity contribution in [3.8, 4) is 0 Å². The minimum absolute atomic E-state index is 0.389. The van der Waals surface area contributed by atoms with Crippen LogP contribution >= 0.6 is 0 Å². The quantitative estimate of drug-likeness (QED) is 0.722. The second-order valence-electron chi connectivity index (χ2n) is 4.52. The molecule has 1 atom stereocenters. The highest BCUT2D eigenvalue weighted by molar-refractivity contribution is 5.65. The van der Waals surface area contributed by atoms with E-state index in [2.05, 4.69) is 11.8 Å². The van der Waals surface area contributed by atoms with Crippen LogP contribution in [0.2, 0.25) is 0 Å². The molecule has 4 nitrogen and oxygen atoms in total. The number of carbonyl (C=O) groups is 1. The molecule has 1 aliphatic carbocycles. The van der Waals surface area contributed by atoms with E-state index >= 15 is 0 Å². The molecule has 4 heteroatoms. The molecule has 14 heavy (non-hydrogen) atoms. The van der Waals surface area contributed by atoms with E-state index in [-0.39, 0.29) is 0 Å². The average molecular weight is 198 g/mol. The van der Waals surface area contributed by atoms with Crippen LogP contribution in [-0.4, -0.2) is 53.2 Å². The van der Waals surface area contributed by atoms with E-state index in [0.29, 0.717) is 19.1 Å². The molecule has 0 bridgehead atoms. The van der Waals surface area contributed by atoms with E-state index in [0.717, 1.165) is 12.5 Å². The number of hydrogen-bond donors (Lipinski definition) is 1. The van der Waals surface area contributed by atoms with Crippen molar-refractivity contribution in [2.75, 3.05) is 26.2 Å². The van der Waals surface area contributed by atoms with Gasteiger partial charge < -0.3 is 10.0 Å². The van der Waals surface area contributed by atoms with Crippen molar-refractivity contribution >= 4 is 6.09 Å². The van der Waals surface area contributed by atoms with E-state index in [9.17, 15) is 4.79 Å². The molecular formula is C10H18N2O2. The number of amides is 1. The third kappa shape index (κ3) is 2.18. The van der Waals surface area contributed by atoms with Crippen LogP contribution in [0.1, 0.15) is 19.8 Å². The normalized spacial score (nSPS) is 29.2. The summed E-state index contributed by atoms with van der Waals surface area (Å²) >= 11 is 0. The van der Waals surface area contributed by atoms with Crippen LogP contribution in [0.25, 0.3) is 0 Å². The largest absolute Gasteiger partial charge is 0.465 e. The fraction of sp³-hybridized carbons (Fsp3) is 0.900. The Morgan fingerprint density at radius 3 is 2.64 bits per heavy atom. The second kappa shape index (κ2) is 3.77. The number of piperazine rings is 1. The van der Waals surface area contributed by atoms with Gasteiger partial charge in [-0.2, -0.15) is 0 Å². The van der Waals surface area contributed by atoms with Gasteiger partial charge in [-0.25, -0.2) is 4.79 Å². The molecule has 0 radical (unpaired) electrons. The first-order chi connectivity index (χ1) is 6.66. The molecule has 1 saturated heterocycles. The lowest BCUT2D eigenvalue weighted by molar-refractivity contribution is 0.0728. The molecule has 2 rings (SSSR count). The standard InChI is InChI=1S/C10H18N2O2/c1-8-6-12(10(13)14)5-4-11(8)7-9-2-3-9/h8-9H,2-7H2,1H3,(H,13,14)/t8-/m1/s1. The van der Waals surface area contributed by atoms with Crippen molar-refractivity contribution in [3.63, 3.8) is 0 Å². The topological polar surface area (TPSA) is 43.8 Å². The molecule has 1 saturated carbocycles. The van der Waals surface area contributed by atoms with E-state index in [1.54, 1.807) is 0 Å². The zero-order valence-corrected chi connectivity index (χ0v) is 8.65. The van der Waals surface area contributed by atoms with Crippen molar-refractivity contribution in [2.24, 2.45) is 5.92 Å². The Balaban J connectivity index is 1.82. The summed E-state index contributed by atoms with van der Waals surface area (Å²) in [5.74, 6) is 0.897. The van der Waals surface area contributed by atoms with Crippen molar-refractivity contribution in [1.82, 2.24) is 9.80 Å². The molecule has 0 aromatic heterocycles. The summed E-state index contributed by atoms with van der Waals surface area (Å²) in [5, 5.41) is 8.84. The Bertz CT molecular complexity index is 228. The van der Waals surface area contributed by atoms with Crippen molar-refractivity contribution in [2.45, 2.75) is 25.8 Å². The third-order valence-electron chi connectivity index (χ3n) is 3.23. The van der Waals surface area contributed by atoms with Crippen LogP contribution < -0.4 is 0 Å². The predicted molar refractivity (Wildman–Crippen MR) is 53.4 cm³/mol. The van der Waals surface area contributed by atoms with Gasteiger partial charge in [-0.3, -0.25) is 4.90 Å². The highest BCUT2D eigenvalue weighted by atomic mass is 16.4. The molecule has 80 valence electrons. The summed E-state index contributed by atoms with van der Waals surface area (Å²) in [7, 11) is 0. The van der Waals surface area contributed by atoms with Crippen LogP contribution in [-0.2, 0) is 0 Å². The van der Waals surface area contributed by atoms with Crippen LogP contribution in [0.5, 0.6) is 0 Å². The van der Waals surface area contributed by atoms with Gasteiger partial charge in [-0.15, -0.1) is 0 Å². The molecule has 2 aliphatic rings. The monoisotopic (exact) mass is 198 g/mol. The summed E-state index contributed by atoms with van der Waals surface area (Å²) in [6, 6.07) is 0.389. The van der Waals surface area contributed by atoms with E-state index in [1.807, 2.05) is 0 Å². The molecule has 1 amide bonds. The summed E-state index contributed by atoms with van der Waals surface area (Å²) in [6.07, 6.45) is 1.96. The number of hydrogen-bond acceptors (Lipinski definition) is 2. The minimum atomic E-state index is -0.775. The molecule has 1 heterocycles. The maximum Gasteiger partial charge on any atom is 0.407 e. The van der Waals surface area contributed by atoms with Gasteiger partial charge in [0.2, 0.25) is 0 Å². The number of rotatable bonds is 2. The fourth-order valence-corrected chi connectivity index (χ4v) is 2.07. The molecule has 1 N–H and O–H groups in total. The van der Waals surface area contributed by atoms with Gasteiger partial charge in [-0.1, -0.05) is 0 Å². The Labute approximate surface area is 84.5 Å². The molecule has 2 fully saturated rings. The summed E-state index contributed by atoms with van der Waals surface area (Å²) < 4.78 is 0. The van der Waals surface area contributed by atoms with Gasteiger partial charge in [0.05, 0.1) is 0 Å². The summed E-state index contributed by atoms with van der Waals surface area (Å²) in [5.41, 5.74) is 0. The molecule has 0 spiro atoms. The predicted octanol–water partition coefficient (Wildman–Crippen LogP) is 1.08. The smallest absolute Gasteiger partial charge is 0.407 e. The van der Waals surface area contributed by atoms with Gasteiger partial charge in [0.25, 0.3) is 0 Å². The zero-order chi connectivity index (χ0) is 10.1. The van der Waals surface area contributed by atoms with Crippen molar-refractivity contribution in [1.29, 1.82) is 0 Å². The maximum absolute atomic E-state index is 10.7. The highest BCUT2D eigenvalue weighted by Crippen LogP contribution is 2.30. The summed E-state index contributed by atoms with van der Waals surface area (Å²) in [6.45, 7) is 5.55. The maximum atomic E-state index is 10.7. The van der Waals surface area contributed by atoms with E-state index < -0.39 is 6.09 Å². The van der Waals surface area contributed by atoms with Gasteiger partial charge in [0.1, 0.15) is 0 Å². The first-order valence-corrected chi connectivity index (χ1v) is 5.38. The van der Waals surface area contributed by atoms with Crippen molar-refractivity contribution in [3.05, 3.63) is 0 Å². The molecular weight excluding hydrogens is 180 g/mol. The van der Waals surface area contributed by atoms with Crippen LogP contribution in [0.15, 0.2) is 0 Å². The van der Waals surface area contributed by atoms with E-state index in [4.69, 9.17) is 5.11 Å². The first-order valence-electron chi connectivity index (χ1n) is 5.38. The van der Waals surface area contributed by atoms with Crippen LogP contribution in [0.3, 0.4) is 0 Å². The Morgan fingerprint density at radius 1 is 1.43 bits per heavy atom. The Morgan fingerprint density at radius 2 is 2.14 bits per heavy atom. The first kappa shape index (κ1) is 9.77. The SMILES string of the molecule is C[C@@H]1CN(C(=O)O)CCN1CC1CC1. The van der Waals surface area contributed by atoms with Gasteiger partial charge in [0.15, 0.2) is 0 Å². The van der Waals surface area contributed by atoms with Crippen LogP contribution in [0, 0.1) is 5.92 Å². The van der Waals surface area contributed by atoms with Crippen LogP contribution in [0.4, 0.5) is 4.79 Å². The van der Waals surface area contributed by atoms with Gasteiger partial charge >= 0.3 is 6.09 Å².